The van der Waals surface area contributed by atoms with Gasteiger partial charge >= 0.3 is 5.97 Å². The first-order valence-electron chi connectivity index (χ1n) is 34.3. The average Bonchev–Trinajstić information content (AvgIpc) is 3.42. The van der Waals surface area contributed by atoms with E-state index in [2.05, 4.69) is 43.5 Å². The van der Waals surface area contributed by atoms with Crippen LogP contribution in [0, 0.1) is 0 Å². The summed E-state index contributed by atoms with van der Waals surface area (Å²) in [5.41, 5.74) is 0. The molecule has 0 saturated heterocycles. The second-order valence-corrected chi connectivity index (χ2v) is 23.5. The van der Waals surface area contributed by atoms with Crippen LogP contribution in [0.1, 0.15) is 373 Å². The summed E-state index contributed by atoms with van der Waals surface area (Å²) in [6, 6.07) is -0.623. The van der Waals surface area contributed by atoms with E-state index in [1.807, 2.05) is 6.08 Å². The molecule has 0 rings (SSSR count). The van der Waals surface area contributed by atoms with Gasteiger partial charge in [0.2, 0.25) is 5.91 Å². The minimum Gasteiger partial charge on any atom is -0.466 e. The van der Waals surface area contributed by atoms with Crippen LogP contribution in [0.25, 0.3) is 0 Å². The van der Waals surface area contributed by atoms with Gasteiger partial charge in [-0.3, -0.25) is 9.59 Å². The van der Waals surface area contributed by atoms with Crippen LogP contribution in [0.5, 0.6) is 0 Å². The number of carbonyl (C=O) groups excluding carboxylic acids is 2. The van der Waals surface area contributed by atoms with Gasteiger partial charge < -0.3 is 20.3 Å². The van der Waals surface area contributed by atoms with Crippen LogP contribution in [0.4, 0.5) is 0 Å². The second-order valence-electron chi connectivity index (χ2n) is 23.5. The fraction of sp³-hybridized carbons (Fsp3) is 0.886. The molecule has 0 aliphatic rings. The quantitative estimate of drug-likeness (QED) is 0.0320. The van der Waals surface area contributed by atoms with E-state index in [1.165, 1.54) is 302 Å². The molecule has 6 nitrogen and oxygen atoms in total. The highest BCUT2D eigenvalue weighted by Gasteiger charge is 2.18. The molecule has 0 heterocycles. The van der Waals surface area contributed by atoms with Crippen molar-refractivity contribution < 1.29 is 24.5 Å². The van der Waals surface area contributed by atoms with Gasteiger partial charge in [-0.1, -0.05) is 333 Å². The molecule has 2 unspecified atom stereocenters. The van der Waals surface area contributed by atoms with E-state index in [-0.39, 0.29) is 18.5 Å². The first kappa shape index (κ1) is 74.1. The van der Waals surface area contributed by atoms with Crippen LogP contribution in [0.3, 0.4) is 0 Å². The molecule has 3 N–H and O–H groups in total. The van der Waals surface area contributed by atoms with E-state index in [9.17, 15) is 19.8 Å². The third-order valence-corrected chi connectivity index (χ3v) is 15.9. The van der Waals surface area contributed by atoms with E-state index in [1.54, 1.807) is 6.08 Å². The van der Waals surface area contributed by atoms with E-state index in [0.717, 1.165) is 44.9 Å². The van der Waals surface area contributed by atoms with Gasteiger partial charge in [0.1, 0.15) is 0 Å². The molecule has 448 valence electrons. The number of aliphatic hydroxyl groups excluding tert-OH is 2. The summed E-state index contributed by atoms with van der Waals surface area (Å²) >= 11 is 0. The van der Waals surface area contributed by atoms with Gasteiger partial charge in [0.15, 0.2) is 0 Å². The Morgan fingerprint density at radius 3 is 1.00 bits per heavy atom. The Morgan fingerprint density at radius 2 is 0.658 bits per heavy atom. The normalized spacial score (nSPS) is 12.7. The monoisotopic (exact) mass is 1070 g/mol. The van der Waals surface area contributed by atoms with Crippen LogP contribution < -0.4 is 5.32 Å². The highest BCUT2D eigenvalue weighted by molar-refractivity contribution is 5.76. The summed E-state index contributed by atoms with van der Waals surface area (Å²) in [4.78, 5) is 24.4. The molecule has 1 amide bonds. The summed E-state index contributed by atoms with van der Waals surface area (Å²) < 4.78 is 5.49. The number of carbonyl (C=O) groups is 2. The third kappa shape index (κ3) is 61.3. The fourth-order valence-electron chi connectivity index (χ4n) is 10.7. The smallest absolute Gasteiger partial charge is 0.305 e. The molecule has 2 atom stereocenters. The lowest BCUT2D eigenvalue weighted by atomic mass is 10.0. The van der Waals surface area contributed by atoms with Crippen molar-refractivity contribution in [3.05, 3.63) is 36.5 Å². The summed E-state index contributed by atoms with van der Waals surface area (Å²) in [7, 11) is 0. The number of hydrogen-bond acceptors (Lipinski definition) is 5. The predicted octanol–water partition coefficient (Wildman–Crippen LogP) is 21.9. The van der Waals surface area contributed by atoms with Crippen molar-refractivity contribution in [2.75, 3.05) is 13.2 Å². The summed E-state index contributed by atoms with van der Waals surface area (Å²) in [6.07, 6.45) is 83.9. The predicted molar refractivity (Wildman–Crippen MR) is 333 cm³/mol. The molecule has 0 bridgehead atoms. The average molecular weight is 1070 g/mol. The Bertz CT molecular complexity index is 1230. The SMILES string of the molecule is CCCCCCCCC/C=C/C(O)C(CO)NC(=O)CCCCCCCCCCCCCCCCCCC/C=C\C/C=C\CCCCCCCCCCCCCCCOC(=O)CCCCCCCCCCCCCCC. The standard InChI is InChI=1S/C70H133NO5/c1-3-5-7-9-11-13-14-40-44-48-52-56-60-64-70(75)76-65-61-57-53-49-45-42-39-37-35-33-31-29-27-25-23-21-19-17-15-16-18-20-22-24-26-28-30-32-34-36-38-41-43-47-51-55-59-63-69(74)71-67(66-72)68(73)62-58-54-50-46-12-10-8-6-4-2/h15,17,21,23,58,62,67-68,72-73H,3-14,16,18-20,22,24-57,59-61,63-66H2,1-2H3,(H,71,74)/b17-15-,23-21-,62-58+. The van der Waals surface area contributed by atoms with Crippen LogP contribution >= 0.6 is 0 Å². The lowest BCUT2D eigenvalue weighted by Crippen LogP contribution is -2.45. The highest BCUT2D eigenvalue weighted by Crippen LogP contribution is 2.18. The van der Waals surface area contributed by atoms with Crippen molar-refractivity contribution in [3.63, 3.8) is 0 Å². The molecular weight excluding hydrogens is 935 g/mol. The second kappa shape index (κ2) is 65.6. The van der Waals surface area contributed by atoms with Gasteiger partial charge in [-0.2, -0.15) is 0 Å². The molecule has 6 heteroatoms. The largest absolute Gasteiger partial charge is 0.466 e. The number of amides is 1. The Morgan fingerprint density at radius 1 is 0.368 bits per heavy atom. The zero-order valence-electron chi connectivity index (χ0n) is 51.3. The first-order chi connectivity index (χ1) is 37.5. The molecule has 0 saturated carbocycles. The molecule has 0 fully saturated rings. The molecule has 76 heavy (non-hydrogen) atoms. The Balaban J connectivity index is 3.34. The minimum atomic E-state index is -0.840. The minimum absolute atomic E-state index is 0.0202. The molecule has 0 aromatic rings. The molecule has 0 aromatic carbocycles. The maximum atomic E-state index is 12.4. The van der Waals surface area contributed by atoms with Crippen LogP contribution in [0.15, 0.2) is 36.5 Å². The summed E-state index contributed by atoms with van der Waals surface area (Å²) in [6.45, 7) is 4.90. The van der Waals surface area contributed by atoms with Gasteiger partial charge in [-0.15, -0.1) is 0 Å². The van der Waals surface area contributed by atoms with Gasteiger partial charge in [0, 0.05) is 12.8 Å². The zero-order chi connectivity index (χ0) is 55.0. The maximum Gasteiger partial charge on any atom is 0.305 e. The fourth-order valence-corrected chi connectivity index (χ4v) is 10.7. The number of aliphatic hydroxyl groups is 2. The van der Waals surface area contributed by atoms with Crippen molar-refractivity contribution in [2.45, 2.75) is 386 Å². The summed E-state index contributed by atoms with van der Waals surface area (Å²) in [5.74, 6) is -0.0467. The number of hydrogen-bond donors (Lipinski definition) is 3. The van der Waals surface area contributed by atoms with E-state index in [0.29, 0.717) is 19.4 Å². The Hall–Kier alpha value is -1.92. The lowest BCUT2D eigenvalue weighted by molar-refractivity contribution is -0.143. The number of rotatable bonds is 64. The highest BCUT2D eigenvalue weighted by atomic mass is 16.5. The molecule has 0 radical (unpaired) electrons. The molecule has 0 spiro atoms. The molecule has 0 aliphatic carbocycles. The van der Waals surface area contributed by atoms with Crippen molar-refractivity contribution in [1.29, 1.82) is 0 Å². The Kier molecular flexibility index (Phi) is 63.9. The number of unbranched alkanes of at least 4 members (excludes halogenated alkanes) is 49. The van der Waals surface area contributed by atoms with Crippen LogP contribution in [0.2, 0.25) is 0 Å². The van der Waals surface area contributed by atoms with Gasteiger partial charge in [-0.25, -0.2) is 0 Å². The number of ether oxygens (including phenoxy) is 1. The van der Waals surface area contributed by atoms with Crippen LogP contribution in [-0.4, -0.2) is 47.4 Å². The number of nitrogens with one attached hydrogen (secondary N) is 1. The molecular formula is C70H133NO5. The van der Waals surface area contributed by atoms with Gasteiger partial charge in [0.25, 0.3) is 0 Å². The zero-order valence-corrected chi connectivity index (χ0v) is 51.3. The summed E-state index contributed by atoms with van der Waals surface area (Å²) in [5, 5.41) is 23.0. The first-order valence-corrected chi connectivity index (χ1v) is 34.3. The molecule has 0 aromatic heterocycles. The number of allylic oxidation sites excluding steroid dienone is 5. The van der Waals surface area contributed by atoms with Crippen molar-refractivity contribution in [3.8, 4) is 0 Å². The third-order valence-electron chi connectivity index (χ3n) is 15.9. The lowest BCUT2D eigenvalue weighted by Gasteiger charge is -2.20. The van der Waals surface area contributed by atoms with E-state index < -0.39 is 12.1 Å². The van der Waals surface area contributed by atoms with E-state index in [4.69, 9.17) is 4.74 Å². The van der Waals surface area contributed by atoms with E-state index >= 15 is 0 Å². The topological polar surface area (TPSA) is 95.9 Å². The molecule has 0 aliphatic heterocycles. The van der Waals surface area contributed by atoms with Crippen molar-refractivity contribution in [2.24, 2.45) is 0 Å². The van der Waals surface area contributed by atoms with Crippen molar-refractivity contribution in [1.82, 2.24) is 5.32 Å². The van der Waals surface area contributed by atoms with Crippen LogP contribution in [-0.2, 0) is 14.3 Å². The number of esters is 1. The van der Waals surface area contributed by atoms with Gasteiger partial charge in [-0.05, 0) is 64.2 Å². The van der Waals surface area contributed by atoms with Crippen molar-refractivity contribution >= 4 is 11.9 Å². The van der Waals surface area contributed by atoms with Gasteiger partial charge in [0.05, 0.1) is 25.4 Å². The Labute approximate surface area is 474 Å². The maximum absolute atomic E-state index is 12.4.